The van der Waals surface area contributed by atoms with Crippen molar-refractivity contribution in [3.8, 4) is 23.0 Å². The molecule has 1 saturated heterocycles. The van der Waals surface area contributed by atoms with Crippen molar-refractivity contribution in [2.24, 2.45) is 0 Å². The standard InChI is InChI=1S/C27H23ClFNO7/c1-34-17-8-9-19(28)18(13-17)24(31)22-23(14-10-20(35-2)26(37-4)21(11-14)36-3)30(27(33)25(22)32)16-7-5-6-15(29)12-16/h5-13,23,31H,1-4H3/b24-22+. The lowest BCUT2D eigenvalue weighted by atomic mass is 9.94. The zero-order valence-corrected chi connectivity index (χ0v) is 21.1. The van der Waals surface area contributed by atoms with E-state index in [1.807, 2.05) is 0 Å². The third-order valence-corrected chi connectivity index (χ3v) is 6.29. The molecule has 0 spiro atoms. The highest BCUT2D eigenvalue weighted by molar-refractivity contribution is 6.52. The summed E-state index contributed by atoms with van der Waals surface area (Å²) in [5.74, 6) is -1.94. The molecule has 0 bridgehead atoms. The van der Waals surface area contributed by atoms with E-state index in [0.717, 1.165) is 11.0 Å². The van der Waals surface area contributed by atoms with Gasteiger partial charge in [-0.3, -0.25) is 14.5 Å². The second-order valence-electron chi connectivity index (χ2n) is 7.95. The van der Waals surface area contributed by atoms with Crippen molar-refractivity contribution in [3.63, 3.8) is 0 Å². The summed E-state index contributed by atoms with van der Waals surface area (Å²) in [5.41, 5.74) is 0.254. The molecule has 192 valence electrons. The first-order valence-corrected chi connectivity index (χ1v) is 11.3. The van der Waals surface area contributed by atoms with E-state index in [1.54, 1.807) is 18.2 Å². The monoisotopic (exact) mass is 527 g/mol. The molecule has 1 aliphatic rings. The number of aliphatic hydroxyl groups is 1. The first kappa shape index (κ1) is 25.8. The maximum Gasteiger partial charge on any atom is 0.300 e. The number of aliphatic hydroxyl groups excluding tert-OH is 1. The highest BCUT2D eigenvalue weighted by Gasteiger charge is 2.47. The minimum absolute atomic E-state index is 0.0794. The van der Waals surface area contributed by atoms with E-state index in [-0.39, 0.29) is 39.1 Å². The molecule has 0 radical (unpaired) electrons. The molecule has 3 aromatic rings. The second-order valence-corrected chi connectivity index (χ2v) is 8.36. The normalized spacial score (nSPS) is 16.6. The molecular weight excluding hydrogens is 505 g/mol. The van der Waals surface area contributed by atoms with E-state index in [1.165, 1.54) is 58.8 Å². The van der Waals surface area contributed by atoms with E-state index in [2.05, 4.69) is 0 Å². The average molecular weight is 528 g/mol. The highest BCUT2D eigenvalue weighted by atomic mass is 35.5. The Bertz CT molecular complexity index is 1400. The molecule has 1 unspecified atom stereocenters. The molecule has 1 amide bonds. The minimum atomic E-state index is -1.20. The van der Waals surface area contributed by atoms with E-state index in [9.17, 15) is 19.1 Å². The lowest BCUT2D eigenvalue weighted by molar-refractivity contribution is -0.132. The third-order valence-electron chi connectivity index (χ3n) is 5.96. The van der Waals surface area contributed by atoms with Crippen molar-refractivity contribution in [1.82, 2.24) is 0 Å². The van der Waals surface area contributed by atoms with Gasteiger partial charge in [0.2, 0.25) is 5.75 Å². The number of ketones is 1. The van der Waals surface area contributed by atoms with Crippen LogP contribution in [-0.2, 0) is 9.59 Å². The van der Waals surface area contributed by atoms with Gasteiger partial charge in [0, 0.05) is 11.3 Å². The average Bonchev–Trinajstić information content (AvgIpc) is 3.17. The summed E-state index contributed by atoms with van der Waals surface area (Å²) in [6.45, 7) is 0. The van der Waals surface area contributed by atoms with Crippen molar-refractivity contribution in [1.29, 1.82) is 0 Å². The van der Waals surface area contributed by atoms with Gasteiger partial charge in [0.05, 0.1) is 45.1 Å². The Morgan fingerprint density at radius 1 is 0.919 bits per heavy atom. The van der Waals surface area contributed by atoms with Gasteiger partial charge in [-0.1, -0.05) is 17.7 Å². The Balaban J connectivity index is 2.05. The molecule has 8 nitrogen and oxygen atoms in total. The van der Waals surface area contributed by atoms with E-state index >= 15 is 0 Å². The molecule has 3 aromatic carbocycles. The van der Waals surface area contributed by atoms with Crippen LogP contribution >= 0.6 is 11.6 Å². The second kappa shape index (κ2) is 10.4. The Morgan fingerprint density at radius 2 is 1.59 bits per heavy atom. The van der Waals surface area contributed by atoms with Crippen molar-refractivity contribution >= 4 is 34.7 Å². The van der Waals surface area contributed by atoms with Gasteiger partial charge < -0.3 is 24.1 Å². The van der Waals surface area contributed by atoms with Gasteiger partial charge >= 0.3 is 0 Å². The van der Waals surface area contributed by atoms with Gasteiger partial charge in [0.15, 0.2) is 11.5 Å². The van der Waals surface area contributed by atoms with Crippen molar-refractivity contribution < 1.29 is 38.0 Å². The van der Waals surface area contributed by atoms with E-state index in [4.69, 9.17) is 30.5 Å². The molecule has 1 aliphatic heterocycles. The number of nitrogens with zero attached hydrogens (tertiary/aromatic N) is 1. The molecular formula is C27H23ClFNO7. The van der Waals surface area contributed by atoms with E-state index < -0.39 is 29.3 Å². The molecule has 0 aliphatic carbocycles. The van der Waals surface area contributed by atoms with Gasteiger partial charge in [-0.15, -0.1) is 0 Å². The highest BCUT2D eigenvalue weighted by Crippen LogP contribution is 2.47. The molecule has 1 N–H and O–H groups in total. The number of benzene rings is 3. The van der Waals surface area contributed by atoms with Crippen molar-refractivity contribution in [2.75, 3.05) is 33.3 Å². The quantitative estimate of drug-likeness (QED) is 0.258. The lowest BCUT2D eigenvalue weighted by Crippen LogP contribution is -2.29. The van der Waals surface area contributed by atoms with E-state index in [0.29, 0.717) is 11.3 Å². The Kier molecular flexibility index (Phi) is 7.26. The summed E-state index contributed by atoms with van der Waals surface area (Å²) in [6.07, 6.45) is 0. The number of amides is 1. The molecule has 37 heavy (non-hydrogen) atoms. The van der Waals surface area contributed by atoms with Crippen LogP contribution in [0.15, 0.2) is 60.2 Å². The Labute approximate surface area is 217 Å². The van der Waals surface area contributed by atoms with Crippen molar-refractivity contribution in [2.45, 2.75) is 6.04 Å². The van der Waals surface area contributed by atoms with Crippen LogP contribution in [0.5, 0.6) is 23.0 Å². The fourth-order valence-electron chi connectivity index (χ4n) is 4.26. The van der Waals surface area contributed by atoms with Crippen LogP contribution in [0.1, 0.15) is 17.2 Å². The molecule has 10 heteroatoms. The number of carbonyl (C=O) groups is 2. The third kappa shape index (κ3) is 4.53. The Morgan fingerprint density at radius 3 is 2.16 bits per heavy atom. The number of methoxy groups -OCH3 is 4. The summed E-state index contributed by atoms with van der Waals surface area (Å²) < 4.78 is 35.7. The van der Waals surface area contributed by atoms with Crippen molar-refractivity contribution in [3.05, 3.63) is 82.1 Å². The number of rotatable bonds is 7. The number of ether oxygens (including phenoxy) is 4. The first-order valence-electron chi connectivity index (χ1n) is 11.0. The van der Waals surface area contributed by atoms with Gasteiger partial charge in [0.25, 0.3) is 11.7 Å². The van der Waals surface area contributed by atoms with Gasteiger partial charge in [0.1, 0.15) is 17.3 Å². The van der Waals surface area contributed by atoms with Crippen LogP contribution in [0.4, 0.5) is 10.1 Å². The predicted octanol–water partition coefficient (Wildman–Crippen LogP) is 5.14. The largest absolute Gasteiger partial charge is 0.507 e. The maximum absolute atomic E-state index is 14.2. The fourth-order valence-corrected chi connectivity index (χ4v) is 4.46. The number of carbonyl (C=O) groups excluding carboxylic acids is 2. The predicted molar refractivity (Wildman–Crippen MR) is 135 cm³/mol. The Hall–Kier alpha value is -4.24. The summed E-state index contributed by atoms with van der Waals surface area (Å²) in [5, 5.41) is 11.5. The van der Waals surface area contributed by atoms with Crippen LogP contribution < -0.4 is 23.8 Å². The summed E-state index contributed by atoms with van der Waals surface area (Å²) in [7, 11) is 5.71. The van der Waals surface area contributed by atoms with Gasteiger partial charge in [-0.25, -0.2) is 4.39 Å². The first-order chi connectivity index (χ1) is 17.7. The molecule has 1 atom stereocenters. The SMILES string of the molecule is COc1ccc(Cl)c(/C(O)=C2\C(=O)C(=O)N(c3cccc(F)c3)C2c2cc(OC)c(OC)c(OC)c2)c1. The number of hydrogen-bond donors (Lipinski definition) is 1. The van der Waals surface area contributed by atoms with Crippen LogP contribution in [-0.4, -0.2) is 45.2 Å². The molecule has 0 saturated carbocycles. The number of hydrogen-bond acceptors (Lipinski definition) is 7. The topological polar surface area (TPSA) is 94.5 Å². The van der Waals surface area contributed by atoms with Gasteiger partial charge in [-0.2, -0.15) is 0 Å². The van der Waals surface area contributed by atoms with Crippen LogP contribution in [0, 0.1) is 5.82 Å². The lowest BCUT2D eigenvalue weighted by Gasteiger charge is -2.26. The molecule has 1 heterocycles. The fraction of sp³-hybridized carbons (Fsp3) is 0.185. The van der Waals surface area contributed by atoms with Crippen LogP contribution in [0.3, 0.4) is 0 Å². The number of anilines is 1. The zero-order chi connectivity index (χ0) is 26.9. The zero-order valence-electron chi connectivity index (χ0n) is 20.4. The van der Waals surface area contributed by atoms with Crippen LogP contribution in [0.2, 0.25) is 5.02 Å². The maximum atomic E-state index is 14.2. The number of halogens is 2. The molecule has 4 rings (SSSR count). The molecule has 0 aromatic heterocycles. The van der Waals surface area contributed by atoms with Crippen LogP contribution in [0.25, 0.3) is 5.76 Å². The summed E-state index contributed by atoms with van der Waals surface area (Å²) in [6, 6.07) is 11.6. The summed E-state index contributed by atoms with van der Waals surface area (Å²) in [4.78, 5) is 27.9. The minimum Gasteiger partial charge on any atom is -0.507 e. The number of Topliss-reactive ketones (excluding diaryl/α,β-unsaturated/α-hetero) is 1. The smallest absolute Gasteiger partial charge is 0.300 e. The van der Waals surface area contributed by atoms with Gasteiger partial charge in [-0.05, 0) is 54.1 Å². The molecule has 1 fully saturated rings. The summed E-state index contributed by atoms with van der Waals surface area (Å²) >= 11 is 6.35.